The van der Waals surface area contributed by atoms with Gasteiger partial charge in [0.2, 0.25) is 0 Å². The summed E-state index contributed by atoms with van der Waals surface area (Å²) in [6.07, 6.45) is 0. The van der Waals surface area contributed by atoms with Crippen LogP contribution in [0.1, 0.15) is 0 Å². The van der Waals surface area contributed by atoms with Gasteiger partial charge in [-0.2, -0.15) is 0 Å². The third-order valence-corrected chi connectivity index (χ3v) is 3.71. The van der Waals surface area contributed by atoms with Crippen molar-refractivity contribution in [1.82, 2.24) is 0 Å². The molecule has 1 rings (SSSR count). The van der Waals surface area contributed by atoms with Crippen LogP contribution in [-0.4, -0.2) is 15.0 Å². The van der Waals surface area contributed by atoms with Crippen LogP contribution in [0.4, 0.5) is 0 Å². The van der Waals surface area contributed by atoms with Crippen molar-refractivity contribution in [3.63, 3.8) is 0 Å². The molecule has 0 bridgehead atoms. The van der Waals surface area contributed by atoms with Crippen LogP contribution in [-0.2, 0) is 0 Å². The van der Waals surface area contributed by atoms with Gasteiger partial charge >= 0.3 is 63.9 Å². The summed E-state index contributed by atoms with van der Waals surface area (Å²) >= 11 is 0. The Labute approximate surface area is 64.5 Å². The number of rotatable bonds is 1. The number of hydrogen-bond acceptors (Lipinski definition) is 0. The Morgan fingerprint density at radius 3 is 2.20 bits per heavy atom. The summed E-state index contributed by atoms with van der Waals surface area (Å²) in [5, 5.41) is 1.54. The standard InChI is InChI=1S/C8H13BSi/c1-10(2,3)8-6-4-5-7-9-8/h4-7H,1-3H3. The molecule has 0 nitrogen and oxygen atoms in total. The molecule has 1 aromatic heterocycles. The van der Waals surface area contributed by atoms with Crippen LogP contribution in [0.15, 0.2) is 24.2 Å². The van der Waals surface area contributed by atoms with E-state index in [9.17, 15) is 0 Å². The van der Waals surface area contributed by atoms with Crippen molar-refractivity contribution >= 4 is 20.1 Å². The van der Waals surface area contributed by atoms with Crippen molar-refractivity contribution in [3.05, 3.63) is 24.2 Å². The van der Waals surface area contributed by atoms with Gasteiger partial charge in [-0.25, -0.2) is 0 Å². The van der Waals surface area contributed by atoms with Gasteiger partial charge in [0.05, 0.1) is 0 Å². The van der Waals surface area contributed by atoms with Crippen molar-refractivity contribution < 1.29 is 0 Å². The molecule has 0 N–H and O–H groups in total. The van der Waals surface area contributed by atoms with E-state index < -0.39 is 8.07 Å². The zero-order valence-corrected chi connectivity index (χ0v) is 7.89. The van der Waals surface area contributed by atoms with Crippen LogP contribution in [0, 0.1) is 0 Å². The maximum atomic E-state index is 2.36. The molecule has 0 aliphatic heterocycles. The Morgan fingerprint density at radius 2 is 1.90 bits per heavy atom. The van der Waals surface area contributed by atoms with Crippen LogP contribution in [0.3, 0.4) is 0 Å². The SMILES string of the molecule is C[Si](C)(C)c1bcccc1. The second-order valence-electron chi connectivity index (χ2n) is 3.62. The minimum absolute atomic E-state index is 1.03. The maximum absolute atomic E-state index is 2.36. The normalized spacial score (nSPS) is 11.1. The van der Waals surface area contributed by atoms with Crippen molar-refractivity contribution in [2.45, 2.75) is 19.6 Å². The van der Waals surface area contributed by atoms with E-state index in [-0.39, 0.29) is 0 Å². The van der Waals surface area contributed by atoms with E-state index in [1.165, 1.54) is 5.08 Å². The summed E-state index contributed by atoms with van der Waals surface area (Å²) in [6, 6.07) is 6.42. The monoisotopic (exact) mass is 148 g/mol. The van der Waals surface area contributed by atoms with E-state index >= 15 is 0 Å². The molecule has 0 aromatic carbocycles. The number of hydrogen-bond donors (Lipinski definition) is 0. The fourth-order valence-electron chi connectivity index (χ4n) is 0.938. The molecular formula is C8H13BSi. The van der Waals surface area contributed by atoms with Crippen LogP contribution in [0.5, 0.6) is 0 Å². The van der Waals surface area contributed by atoms with Crippen molar-refractivity contribution in [2.75, 3.05) is 0 Å². The summed E-state index contributed by atoms with van der Waals surface area (Å²) in [6.45, 7) is 9.32. The minimum atomic E-state index is -1.03. The van der Waals surface area contributed by atoms with Crippen molar-refractivity contribution in [1.29, 1.82) is 0 Å². The second kappa shape index (κ2) is 2.71. The topological polar surface area (TPSA) is 0 Å². The van der Waals surface area contributed by atoms with Crippen LogP contribution in [0.25, 0.3) is 0 Å². The predicted molar refractivity (Wildman–Crippen MR) is 50.8 cm³/mol. The molecule has 52 valence electrons. The molecule has 0 saturated carbocycles. The molecule has 0 radical (unpaired) electrons. The predicted octanol–water partition coefficient (Wildman–Crippen LogP) is 1.57. The van der Waals surface area contributed by atoms with Crippen LogP contribution < -0.4 is 5.08 Å². The van der Waals surface area contributed by atoms with Gasteiger partial charge in [0.1, 0.15) is 0 Å². The van der Waals surface area contributed by atoms with E-state index in [4.69, 9.17) is 0 Å². The summed E-state index contributed by atoms with van der Waals surface area (Å²) in [4.78, 5) is 0. The molecular weight excluding hydrogens is 135 g/mol. The quantitative estimate of drug-likeness (QED) is 0.530. The third kappa shape index (κ3) is 1.81. The van der Waals surface area contributed by atoms with Gasteiger partial charge < -0.3 is 0 Å². The average Bonchev–Trinajstić information content (AvgIpc) is 1.88. The van der Waals surface area contributed by atoms with E-state index in [1.807, 2.05) is 0 Å². The van der Waals surface area contributed by atoms with E-state index in [2.05, 4.69) is 50.7 Å². The first-order valence-corrected chi connectivity index (χ1v) is 7.16. The average molecular weight is 148 g/mol. The molecule has 1 aromatic rings. The van der Waals surface area contributed by atoms with Crippen LogP contribution in [0.2, 0.25) is 19.6 Å². The molecule has 0 fully saturated rings. The summed E-state index contributed by atoms with van der Waals surface area (Å²) < 4.78 is 0. The first-order valence-electron chi connectivity index (χ1n) is 3.66. The van der Waals surface area contributed by atoms with E-state index in [0.29, 0.717) is 0 Å². The Hall–Kier alpha value is -0.368. The zero-order chi connectivity index (χ0) is 7.61. The van der Waals surface area contributed by atoms with Gasteiger partial charge in [0, 0.05) is 0 Å². The first-order chi connectivity index (χ1) is 4.61. The van der Waals surface area contributed by atoms with Gasteiger partial charge in [-0.15, -0.1) is 0 Å². The molecule has 0 saturated heterocycles. The molecule has 0 aliphatic carbocycles. The molecule has 1 heterocycles. The van der Waals surface area contributed by atoms with Gasteiger partial charge in [0.25, 0.3) is 0 Å². The Kier molecular flexibility index (Phi) is 2.09. The van der Waals surface area contributed by atoms with E-state index in [1.54, 1.807) is 0 Å². The zero-order valence-electron chi connectivity index (χ0n) is 6.89. The molecule has 0 atom stereocenters. The molecule has 0 amide bonds. The molecule has 0 spiro atoms. The summed E-state index contributed by atoms with van der Waals surface area (Å²) in [7, 11) is -1.03. The Balaban J connectivity index is 2.97. The molecule has 0 unspecified atom stereocenters. The fourth-order valence-corrected chi connectivity index (χ4v) is 2.13. The Bertz CT molecular complexity index is 200. The van der Waals surface area contributed by atoms with Crippen molar-refractivity contribution in [3.8, 4) is 0 Å². The second-order valence-corrected chi connectivity index (χ2v) is 8.69. The van der Waals surface area contributed by atoms with Gasteiger partial charge in [-0.05, 0) is 0 Å². The third-order valence-electron chi connectivity index (χ3n) is 1.64. The summed E-state index contributed by atoms with van der Waals surface area (Å²) in [5.74, 6) is 2.12. The molecule has 10 heavy (non-hydrogen) atoms. The van der Waals surface area contributed by atoms with Crippen molar-refractivity contribution in [2.24, 2.45) is 0 Å². The summed E-state index contributed by atoms with van der Waals surface area (Å²) in [5.41, 5.74) is 0. The fraction of sp³-hybridized carbons (Fsp3) is 0.375. The molecule has 0 aliphatic rings. The van der Waals surface area contributed by atoms with Crippen LogP contribution >= 0.6 is 0 Å². The first kappa shape index (κ1) is 7.74. The molecule has 2 heteroatoms. The van der Waals surface area contributed by atoms with Gasteiger partial charge in [-0.1, -0.05) is 0 Å². The van der Waals surface area contributed by atoms with Gasteiger partial charge in [0.15, 0.2) is 0 Å². The van der Waals surface area contributed by atoms with Gasteiger partial charge in [-0.3, -0.25) is 0 Å². The van der Waals surface area contributed by atoms with E-state index in [0.717, 1.165) is 0 Å². The Morgan fingerprint density at radius 1 is 1.20 bits per heavy atom.